The third-order valence-electron chi connectivity index (χ3n) is 4.83. The third kappa shape index (κ3) is 2.61. The Labute approximate surface area is 142 Å². The number of fused-ring (bicyclic) bond motifs is 1. The summed E-state index contributed by atoms with van der Waals surface area (Å²) in [5.74, 6) is 0.516. The van der Waals surface area contributed by atoms with Gasteiger partial charge in [0.05, 0.1) is 28.9 Å². The molecule has 1 aromatic heterocycles. The third-order valence-corrected chi connectivity index (χ3v) is 5.31. The normalized spacial score (nSPS) is 19.3. The summed E-state index contributed by atoms with van der Waals surface area (Å²) in [6.45, 7) is 10.1. The van der Waals surface area contributed by atoms with E-state index in [0.717, 1.165) is 21.9 Å². The predicted octanol–water partition coefficient (Wildman–Crippen LogP) is 3.50. The number of rotatable bonds is 2. The molecule has 23 heavy (non-hydrogen) atoms. The molecule has 3 rings (SSSR count). The summed E-state index contributed by atoms with van der Waals surface area (Å²) in [6, 6.07) is 5.73. The smallest absolute Gasteiger partial charge is 0.481 e. The van der Waals surface area contributed by atoms with Crippen molar-refractivity contribution < 1.29 is 14.0 Å². The lowest BCUT2D eigenvalue weighted by Crippen LogP contribution is -2.41. The number of pyridine rings is 1. The first-order valence-electron chi connectivity index (χ1n) is 7.65. The molecule has 0 bridgehead atoms. The Kier molecular flexibility index (Phi) is 3.86. The van der Waals surface area contributed by atoms with Gasteiger partial charge in [-0.05, 0) is 51.7 Å². The first-order valence-corrected chi connectivity index (χ1v) is 8.03. The molecule has 6 heteroatoms. The molecule has 2 heterocycles. The maximum Gasteiger partial charge on any atom is 0.495 e. The van der Waals surface area contributed by atoms with Crippen molar-refractivity contribution in [3.8, 4) is 5.88 Å². The molecule has 0 aliphatic carbocycles. The van der Waals surface area contributed by atoms with E-state index in [0.29, 0.717) is 10.9 Å². The summed E-state index contributed by atoms with van der Waals surface area (Å²) >= 11 is 6.56. The van der Waals surface area contributed by atoms with Crippen LogP contribution in [-0.2, 0) is 9.31 Å². The molecule has 1 aliphatic heterocycles. The van der Waals surface area contributed by atoms with Crippen molar-refractivity contribution >= 4 is 35.1 Å². The van der Waals surface area contributed by atoms with Crippen molar-refractivity contribution in [1.82, 2.24) is 4.98 Å². The van der Waals surface area contributed by atoms with Gasteiger partial charge in [-0.15, -0.1) is 0 Å². The summed E-state index contributed by atoms with van der Waals surface area (Å²) in [5, 5.41) is 1.52. The predicted molar refractivity (Wildman–Crippen MR) is 93.8 cm³/mol. The maximum absolute atomic E-state index is 6.56. The average Bonchev–Trinajstić information content (AvgIpc) is 2.70. The van der Waals surface area contributed by atoms with Crippen molar-refractivity contribution in [3.63, 3.8) is 0 Å². The van der Waals surface area contributed by atoms with Crippen molar-refractivity contribution in [1.29, 1.82) is 0 Å². The fourth-order valence-electron chi connectivity index (χ4n) is 2.65. The van der Waals surface area contributed by atoms with E-state index in [1.54, 1.807) is 7.11 Å². The number of hydrogen-bond acceptors (Lipinski definition) is 4. The molecule has 0 unspecified atom stereocenters. The Morgan fingerprint density at radius 2 is 1.74 bits per heavy atom. The highest BCUT2D eigenvalue weighted by atomic mass is 35.5. The van der Waals surface area contributed by atoms with Gasteiger partial charge in [0.25, 0.3) is 0 Å². The second-order valence-corrected chi connectivity index (χ2v) is 7.31. The number of methoxy groups -OCH3 is 1. The summed E-state index contributed by atoms with van der Waals surface area (Å²) < 4.78 is 17.7. The van der Waals surface area contributed by atoms with Crippen LogP contribution in [0.5, 0.6) is 5.88 Å². The van der Waals surface area contributed by atoms with E-state index < -0.39 is 18.3 Å². The number of halogens is 1. The molecule has 0 spiro atoms. The summed E-state index contributed by atoms with van der Waals surface area (Å²) in [7, 11) is 1.08. The van der Waals surface area contributed by atoms with E-state index in [2.05, 4.69) is 4.98 Å². The van der Waals surface area contributed by atoms with E-state index in [-0.39, 0.29) is 0 Å². The summed E-state index contributed by atoms with van der Waals surface area (Å²) in [4.78, 5) is 4.48. The van der Waals surface area contributed by atoms with E-state index in [9.17, 15) is 0 Å². The van der Waals surface area contributed by atoms with Crippen LogP contribution >= 0.6 is 11.6 Å². The van der Waals surface area contributed by atoms with E-state index in [1.807, 2.05) is 52.8 Å². The lowest BCUT2D eigenvalue weighted by molar-refractivity contribution is 0.00578. The molecule has 1 fully saturated rings. The highest BCUT2D eigenvalue weighted by molar-refractivity contribution is 6.66. The minimum absolute atomic E-state index is 0.420. The largest absolute Gasteiger partial charge is 0.495 e. The Hall–Kier alpha value is -1.30. The number of aromatic nitrogens is 1. The van der Waals surface area contributed by atoms with Gasteiger partial charge in [-0.3, -0.25) is 0 Å². The molecule has 0 amide bonds. The standard InChI is InChI=1S/C17H21BClNO3/c1-10-7-8-12-14(15(10)19)11(9-13(20-12)21-6)18-22-16(2,3)17(4,5)23-18/h7-9H,1-6H3. The van der Waals surface area contributed by atoms with Crippen LogP contribution in [0.4, 0.5) is 0 Å². The molecule has 0 N–H and O–H groups in total. The number of ether oxygens (including phenoxy) is 1. The monoisotopic (exact) mass is 333 g/mol. The first kappa shape index (κ1) is 16.6. The minimum atomic E-state index is -0.515. The van der Waals surface area contributed by atoms with Crippen molar-refractivity contribution in [3.05, 3.63) is 28.8 Å². The number of benzene rings is 1. The second-order valence-electron chi connectivity index (χ2n) is 6.93. The maximum atomic E-state index is 6.56. The number of nitrogens with zero attached hydrogens (tertiary/aromatic N) is 1. The van der Waals surface area contributed by atoms with Gasteiger partial charge in [-0.2, -0.15) is 0 Å². The molecule has 1 aliphatic rings. The minimum Gasteiger partial charge on any atom is -0.481 e. The Balaban J connectivity index is 2.23. The van der Waals surface area contributed by atoms with Gasteiger partial charge in [-0.1, -0.05) is 17.7 Å². The topological polar surface area (TPSA) is 40.6 Å². The van der Waals surface area contributed by atoms with E-state index in [4.69, 9.17) is 25.6 Å². The van der Waals surface area contributed by atoms with Crippen LogP contribution in [0.1, 0.15) is 33.3 Å². The van der Waals surface area contributed by atoms with E-state index in [1.165, 1.54) is 0 Å². The first-order chi connectivity index (χ1) is 10.7. The quantitative estimate of drug-likeness (QED) is 0.789. The molecule has 122 valence electrons. The van der Waals surface area contributed by atoms with Gasteiger partial charge in [0.15, 0.2) is 0 Å². The van der Waals surface area contributed by atoms with Gasteiger partial charge in [-0.25, -0.2) is 4.98 Å². The fourth-order valence-corrected chi connectivity index (χ4v) is 2.92. The zero-order valence-electron chi connectivity index (χ0n) is 14.4. The lowest BCUT2D eigenvalue weighted by atomic mass is 9.76. The van der Waals surface area contributed by atoms with Gasteiger partial charge >= 0.3 is 7.12 Å². The van der Waals surface area contributed by atoms with Crippen LogP contribution in [0, 0.1) is 6.92 Å². The lowest BCUT2D eigenvalue weighted by Gasteiger charge is -2.32. The highest BCUT2D eigenvalue weighted by Gasteiger charge is 2.52. The Morgan fingerprint density at radius 3 is 2.30 bits per heavy atom. The number of hydrogen-bond donors (Lipinski definition) is 0. The summed E-state index contributed by atoms with van der Waals surface area (Å²) in [5.41, 5.74) is 1.76. The zero-order chi connectivity index (χ0) is 17.0. The molecular formula is C17H21BClNO3. The average molecular weight is 334 g/mol. The Bertz CT molecular complexity index is 760. The van der Waals surface area contributed by atoms with Crippen molar-refractivity contribution in [2.24, 2.45) is 0 Å². The SMILES string of the molecule is COc1cc(B2OC(C)(C)C(C)(C)O2)c2c(Cl)c(C)ccc2n1. The van der Waals surface area contributed by atoms with Crippen molar-refractivity contribution in [2.45, 2.75) is 45.8 Å². The summed E-state index contributed by atoms with van der Waals surface area (Å²) in [6.07, 6.45) is 0. The molecule has 2 aromatic rings. The molecule has 0 radical (unpaired) electrons. The number of aryl methyl sites for hydroxylation is 1. The van der Waals surface area contributed by atoms with Crippen LogP contribution in [-0.4, -0.2) is 30.4 Å². The highest BCUT2D eigenvalue weighted by Crippen LogP contribution is 2.38. The molecular weight excluding hydrogens is 312 g/mol. The van der Waals surface area contributed by atoms with Crippen LogP contribution in [0.3, 0.4) is 0 Å². The van der Waals surface area contributed by atoms with Gasteiger partial charge < -0.3 is 14.0 Å². The molecule has 1 aromatic carbocycles. The van der Waals surface area contributed by atoms with Crippen LogP contribution < -0.4 is 10.2 Å². The van der Waals surface area contributed by atoms with Gasteiger partial charge in [0, 0.05) is 11.5 Å². The van der Waals surface area contributed by atoms with Crippen LogP contribution in [0.2, 0.25) is 5.02 Å². The Morgan fingerprint density at radius 1 is 1.13 bits per heavy atom. The molecule has 1 saturated heterocycles. The second kappa shape index (κ2) is 5.37. The van der Waals surface area contributed by atoms with Gasteiger partial charge in [0.1, 0.15) is 0 Å². The van der Waals surface area contributed by atoms with E-state index >= 15 is 0 Å². The molecule has 0 saturated carbocycles. The van der Waals surface area contributed by atoms with Crippen molar-refractivity contribution in [2.75, 3.05) is 7.11 Å². The van der Waals surface area contributed by atoms with Crippen LogP contribution in [0.15, 0.2) is 18.2 Å². The fraction of sp³-hybridized carbons (Fsp3) is 0.471. The molecule has 4 nitrogen and oxygen atoms in total. The molecule has 0 atom stereocenters. The zero-order valence-corrected chi connectivity index (χ0v) is 15.1. The van der Waals surface area contributed by atoms with Gasteiger partial charge in [0.2, 0.25) is 5.88 Å². The van der Waals surface area contributed by atoms with Crippen LogP contribution in [0.25, 0.3) is 10.9 Å².